The van der Waals surface area contributed by atoms with E-state index in [-0.39, 0.29) is 23.7 Å². The largest absolute Gasteiger partial charge is 0.496 e. The maximum atomic E-state index is 11.5. The molecule has 2 aromatic heterocycles. The summed E-state index contributed by atoms with van der Waals surface area (Å²) in [6, 6.07) is 17.5. The fraction of sp³-hybridized carbons (Fsp3) is 0.333. The first-order chi connectivity index (χ1) is 23.3. The van der Waals surface area contributed by atoms with Crippen LogP contribution >= 0.6 is 23.2 Å². The Bertz CT molecular complexity index is 1690. The van der Waals surface area contributed by atoms with Crippen LogP contribution in [0.5, 0.6) is 11.6 Å². The molecule has 2 atom stereocenters. The number of hydrogen-bond acceptors (Lipinski definition) is 8. The molecule has 2 aliphatic heterocycles. The lowest BCUT2D eigenvalue weighted by Crippen LogP contribution is -2.24. The van der Waals surface area contributed by atoms with Crippen LogP contribution in [0, 0.1) is 11.8 Å². The predicted octanol–water partition coefficient (Wildman–Crippen LogP) is 5.25. The highest BCUT2D eigenvalue weighted by Gasteiger charge is 2.23. The Kier molecular flexibility index (Phi) is 10.8. The van der Waals surface area contributed by atoms with Gasteiger partial charge in [-0.05, 0) is 30.0 Å². The van der Waals surface area contributed by atoms with E-state index in [0.29, 0.717) is 72.1 Å². The van der Waals surface area contributed by atoms with Gasteiger partial charge in [0.15, 0.2) is 0 Å². The van der Waals surface area contributed by atoms with Crippen molar-refractivity contribution in [3.63, 3.8) is 0 Å². The number of benzene rings is 2. The second kappa shape index (κ2) is 15.3. The van der Waals surface area contributed by atoms with Gasteiger partial charge in [-0.2, -0.15) is 0 Å². The van der Waals surface area contributed by atoms with Crippen molar-refractivity contribution in [3.8, 4) is 45.3 Å². The molecule has 4 aromatic rings. The summed E-state index contributed by atoms with van der Waals surface area (Å²) in [4.78, 5) is 32.4. The van der Waals surface area contributed by atoms with Crippen molar-refractivity contribution >= 4 is 35.0 Å². The Hall–Kier alpha value is -4.22. The number of nitrogens with one attached hydrogen (secondary N) is 4. The van der Waals surface area contributed by atoms with Gasteiger partial charge in [0, 0.05) is 91.7 Å². The third kappa shape index (κ3) is 7.57. The fourth-order valence-electron chi connectivity index (χ4n) is 6.20. The topological polar surface area (TPSA) is 126 Å². The molecule has 4 heterocycles. The molecule has 0 radical (unpaired) electrons. The molecule has 0 spiro atoms. The van der Waals surface area contributed by atoms with Crippen molar-refractivity contribution in [3.05, 3.63) is 82.0 Å². The predicted molar refractivity (Wildman–Crippen MR) is 187 cm³/mol. The van der Waals surface area contributed by atoms with Crippen molar-refractivity contribution in [1.29, 1.82) is 0 Å². The van der Waals surface area contributed by atoms with Crippen LogP contribution in [0.15, 0.2) is 60.8 Å². The van der Waals surface area contributed by atoms with Crippen LogP contribution in [0.4, 0.5) is 0 Å². The highest BCUT2D eigenvalue weighted by Crippen LogP contribution is 2.42. The van der Waals surface area contributed by atoms with Gasteiger partial charge in [0.25, 0.3) is 0 Å². The second-order valence-corrected chi connectivity index (χ2v) is 12.8. The Balaban J connectivity index is 1.20. The summed E-state index contributed by atoms with van der Waals surface area (Å²) in [6.45, 7) is 4.03. The first-order valence-electron chi connectivity index (χ1n) is 15.9. The van der Waals surface area contributed by atoms with E-state index in [9.17, 15) is 9.59 Å². The fourth-order valence-corrected chi connectivity index (χ4v) is 6.85. The Morgan fingerprint density at radius 2 is 1.44 bits per heavy atom. The zero-order chi connectivity index (χ0) is 33.6. The van der Waals surface area contributed by atoms with Gasteiger partial charge in [-0.25, -0.2) is 4.98 Å². The molecule has 0 unspecified atom stereocenters. The Morgan fingerprint density at radius 1 is 0.792 bits per heavy atom. The molecular weight excluding hydrogens is 651 g/mol. The van der Waals surface area contributed by atoms with E-state index in [1.807, 2.05) is 54.6 Å². The van der Waals surface area contributed by atoms with Crippen LogP contribution in [-0.4, -0.2) is 62.2 Å². The van der Waals surface area contributed by atoms with Gasteiger partial charge in [0.05, 0.1) is 35.7 Å². The zero-order valence-electron chi connectivity index (χ0n) is 26.9. The number of aromatic nitrogens is 2. The quantitative estimate of drug-likeness (QED) is 0.150. The number of carbonyl (C=O) groups is 2. The summed E-state index contributed by atoms with van der Waals surface area (Å²) in [5.41, 5.74) is 6.23. The SMILES string of the molecule is COc1cc(-c2nccc(-c3cccc(-c4ccc(CNC[C@@H]5CNC(=O)C5)c(OC)n4)c3Cl)c2Cl)ccc1CNC[C@@H]1CNC(=O)C1. The van der Waals surface area contributed by atoms with Crippen molar-refractivity contribution in [2.75, 3.05) is 40.4 Å². The van der Waals surface area contributed by atoms with E-state index in [1.54, 1.807) is 20.4 Å². The highest BCUT2D eigenvalue weighted by atomic mass is 35.5. The van der Waals surface area contributed by atoms with Crippen LogP contribution in [0.1, 0.15) is 24.0 Å². The monoisotopic (exact) mass is 688 g/mol. The number of nitrogens with zero attached hydrogens (tertiary/aromatic N) is 2. The maximum absolute atomic E-state index is 11.5. The van der Waals surface area contributed by atoms with Crippen molar-refractivity contribution < 1.29 is 19.1 Å². The molecule has 48 heavy (non-hydrogen) atoms. The van der Waals surface area contributed by atoms with E-state index in [4.69, 9.17) is 37.7 Å². The van der Waals surface area contributed by atoms with Crippen molar-refractivity contribution in [1.82, 2.24) is 31.2 Å². The van der Waals surface area contributed by atoms with Gasteiger partial charge in [-0.15, -0.1) is 0 Å². The van der Waals surface area contributed by atoms with Gasteiger partial charge >= 0.3 is 0 Å². The van der Waals surface area contributed by atoms with E-state index in [2.05, 4.69) is 26.3 Å². The number of carbonyl (C=O) groups excluding carboxylic acids is 2. The van der Waals surface area contributed by atoms with Crippen molar-refractivity contribution in [2.45, 2.75) is 25.9 Å². The maximum Gasteiger partial charge on any atom is 0.220 e. The Morgan fingerprint density at radius 3 is 2.08 bits per heavy atom. The molecule has 2 fully saturated rings. The molecule has 2 amide bonds. The molecule has 0 saturated carbocycles. The number of amides is 2. The molecule has 250 valence electrons. The lowest BCUT2D eigenvalue weighted by Gasteiger charge is -2.16. The van der Waals surface area contributed by atoms with Crippen LogP contribution in [0.2, 0.25) is 10.0 Å². The summed E-state index contributed by atoms with van der Waals surface area (Å²) in [6.07, 6.45) is 2.82. The average molecular weight is 690 g/mol. The molecule has 10 nitrogen and oxygen atoms in total. The summed E-state index contributed by atoms with van der Waals surface area (Å²) in [5.74, 6) is 1.99. The minimum atomic E-state index is 0.0980. The minimum Gasteiger partial charge on any atom is -0.496 e. The second-order valence-electron chi connectivity index (χ2n) is 12.1. The first kappa shape index (κ1) is 33.7. The van der Waals surface area contributed by atoms with E-state index < -0.39 is 0 Å². The average Bonchev–Trinajstić information content (AvgIpc) is 3.72. The minimum absolute atomic E-state index is 0.0980. The van der Waals surface area contributed by atoms with Crippen LogP contribution in [0.25, 0.3) is 33.6 Å². The lowest BCUT2D eigenvalue weighted by atomic mass is 9.99. The van der Waals surface area contributed by atoms with Gasteiger partial charge in [0.1, 0.15) is 5.75 Å². The Labute approximate surface area is 289 Å². The third-order valence-corrected chi connectivity index (χ3v) is 9.56. The van der Waals surface area contributed by atoms with E-state index in [1.165, 1.54) is 0 Å². The molecule has 2 aromatic carbocycles. The lowest BCUT2D eigenvalue weighted by molar-refractivity contribution is -0.120. The molecule has 2 saturated heterocycles. The molecule has 4 N–H and O–H groups in total. The van der Waals surface area contributed by atoms with Crippen LogP contribution < -0.4 is 30.7 Å². The molecule has 6 rings (SSSR count). The molecule has 12 heteroatoms. The summed E-state index contributed by atoms with van der Waals surface area (Å²) < 4.78 is 11.4. The van der Waals surface area contributed by atoms with Gasteiger partial charge in [-0.3, -0.25) is 14.6 Å². The summed E-state index contributed by atoms with van der Waals surface area (Å²) >= 11 is 14.1. The molecule has 2 aliphatic rings. The van der Waals surface area contributed by atoms with Crippen LogP contribution in [-0.2, 0) is 22.7 Å². The third-order valence-electron chi connectivity index (χ3n) is 8.77. The van der Waals surface area contributed by atoms with Gasteiger partial charge in [0.2, 0.25) is 17.7 Å². The van der Waals surface area contributed by atoms with E-state index in [0.717, 1.165) is 46.5 Å². The number of hydrogen-bond donors (Lipinski definition) is 4. The van der Waals surface area contributed by atoms with E-state index >= 15 is 0 Å². The number of rotatable bonds is 13. The highest BCUT2D eigenvalue weighted by molar-refractivity contribution is 6.39. The number of ether oxygens (including phenoxy) is 2. The number of pyridine rings is 2. The van der Waals surface area contributed by atoms with Gasteiger partial charge < -0.3 is 30.7 Å². The molecule has 0 bridgehead atoms. The normalized spacial score (nSPS) is 17.3. The zero-order valence-corrected chi connectivity index (χ0v) is 28.4. The summed E-state index contributed by atoms with van der Waals surface area (Å²) in [7, 11) is 3.24. The number of halogens is 2. The molecule has 0 aliphatic carbocycles. The summed E-state index contributed by atoms with van der Waals surface area (Å²) in [5, 5.41) is 13.6. The van der Waals surface area contributed by atoms with Crippen molar-refractivity contribution in [2.24, 2.45) is 11.8 Å². The smallest absolute Gasteiger partial charge is 0.220 e. The number of methoxy groups -OCH3 is 2. The van der Waals surface area contributed by atoms with Gasteiger partial charge in [-0.1, -0.05) is 59.6 Å². The molecular formula is C36H38Cl2N6O4. The standard InChI is InChI=1S/C36H38Cl2N6O4/c1-47-30-14-23(6-7-24(30)19-39-15-21-12-31(45)42-17-21)35-34(38)27(10-11-41-35)26-4-3-5-28(33(26)37)29-9-8-25(36(44-29)48-2)20-40-16-22-13-32(46)43-18-22/h3-11,14,21-22,39-40H,12-13,15-20H2,1-2H3,(H,42,45)(H,43,46)/t21-,22-/m1/s1. The van der Waals surface area contributed by atoms with Crippen LogP contribution in [0.3, 0.4) is 0 Å². The first-order valence-corrected chi connectivity index (χ1v) is 16.7.